The number of benzene rings is 2. The number of fused-ring (bicyclic) bond motifs is 2. The van der Waals surface area contributed by atoms with E-state index in [1.807, 2.05) is 54.6 Å². The highest BCUT2D eigenvalue weighted by Crippen LogP contribution is 2.31. The van der Waals surface area contributed by atoms with Crippen LogP contribution in [-0.4, -0.2) is 29.1 Å². The minimum absolute atomic E-state index is 0.0537. The maximum Gasteiger partial charge on any atom is 0.259 e. The second kappa shape index (κ2) is 7.26. The molecule has 132 valence electrons. The van der Waals surface area contributed by atoms with Gasteiger partial charge in [-0.15, -0.1) is 0 Å². The van der Waals surface area contributed by atoms with Crippen molar-refractivity contribution in [3.05, 3.63) is 71.4 Å². The van der Waals surface area contributed by atoms with E-state index in [-0.39, 0.29) is 19.1 Å². The van der Waals surface area contributed by atoms with Gasteiger partial charge in [-0.2, -0.15) is 0 Å². The highest BCUT2D eigenvalue weighted by atomic mass is 16.3. The number of pyridine rings is 1. The van der Waals surface area contributed by atoms with E-state index < -0.39 is 0 Å². The molecule has 0 fully saturated rings. The Morgan fingerprint density at radius 1 is 1.00 bits per heavy atom. The zero-order valence-electron chi connectivity index (χ0n) is 14.7. The van der Waals surface area contributed by atoms with Gasteiger partial charge in [0.15, 0.2) is 0 Å². The normalized spacial score (nSPS) is 13.4. The number of para-hydroxylation sites is 2. The van der Waals surface area contributed by atoms with Crippen molar-refractivity contribution in [3.63, 3.8) is 0 Å². The fraction of sp³-hybridized carbons (Fsp3) is 0.273. The largest absolute Gasteiger partial charge is 0.395 e. The van der Waals surface area contributed by atoms with Gasteiger partial charge >= 0.3 is 0 Å². The van der Waals surface area contributed by atoms with E-state index in [1.54, 1.807) is 4.90 Å². The number of nitrogens with zero attached hydrogens (tertiary/aromatic N) is 2. The summed E-state index contributed by atoms with van der Waals surface area (Å²) in [6.07, 6.45) is 4.01. The van der Waals surface area contributed by atoms with E-state index in [4.69, 9.17) is 4.98 Å². The summed E-state index contributed by atoms with van der Waals surface area (Å²) in [5.41, 5.74) is 4.56. The molecule has 1 N–H and O–H groups in total. The smallest absolute Gasteiger partial charge is 0.259 e. The van der Waals surface area contributed by atoms with Crippen LogP contribution in [0, 0.1) is 0 Å². The molecule has 0 spiro atoms. The molecule has 1 aromatic heterocycles. The van der Waals surface area contributed by atoms with Gasteiger partial charge in [0.1, 0.15) is 0 Å². The maximum absolute atomic E-state index is 13.6. The van der Waals surface area contributed by atoms with Crippen LogP contribution in [0.3, 0.4) is 0 Å². The monoisotopic (exact) mass is 346 g/mol. The molecule has 0 radical (unpaired) electrons. The third-order valence-electron chi connectivity index (χ3n) is 5.02. The summed E-state index contributed by atoms with van der Waals surface area (Å²) in [4.78, 5) is 20.1. The molecule has 2 aromatic carbocycles. The Labute approximate surface area is 153 Å². The zero-order valence-corrected chi connectivity index (χ0v) is 14.7. The first-order chi connectivity index (χ1) is 12.8. The zero-order chi connectivity index (χ0) is 17.9. The molecule has 0 atom stereocenters. The summed E-state index contributed by atoms with van der Waals surface area (Å²) in [5, 5.41) is 10.4. The molecule has 4 nitrogen and oxygen atoms in total. The van der Waals surface area contributed by atoms with Gasteiger partial charge in [0, 0.05) is 23.3 Å². The Balaban J connectivity index is 1.90. The molecule has 0 unspecified atom stereocenters. The fourth-order valence-corrected chi connectivity index (χ4v) is 3.81. The minimum atomic E-state index is -0.0775. The van der Waals surface area contributed by atoms with Crippen LogP contribution < -0.4 is 4.90 Å². The molecule has 0 saturated carbocycles. The highest BCUT2D eigenvalue weighted by molar-refractivity contribution is 6.14. The Hall–Kier alpha value is -2.72. The highest BCUT2D eigenvalue weighted by Gasteiger charge is 2.26. The van der Waals surface area contributed by atoms with E-state index in [1.165, 1.54) is 0 Å². The van der Waals surface area contributed by atoms with Crippen molar-refractivity contribution in [2.45, 2.75) is 25.7 Å². The number of aliphatic hydroxyl groups is 1. The number of aromatic nitrogens is 1. The molecule has 0 bridgehead atoms. The van der Waals surface area contributed by atoms with Crippen LogP contribution in [0.25, 0.3) is 10.9 Å². The van der Waals surface area contributed by atoms with Crippen LogP contribution in [0.5, 0.6) is 0 Å². The van der Waals surface area contributed by atoms with Gasteiger partial charge in [-0.05, 0) is 49.4 Å². The SMILES string of the molecule is O=C(c1c2c(nc3ccccc13)CCCC2)N(CCO)c1ccccc1. The van der Waals surface area contributed by atoms with E-state index in [0.29, 0.717) is 0 Å². The predicted molar refractivity (Wildman–Crippen MR) is 104 cm³/mol. The molecule has 1 aliphatic carbocycles. The van der Waals surface area contributed by atoms with Crippen molar-refractivity contribution in [3.8, 4) is 0 Å². The van der Waals surface area contributed by atoms with Gasteiger partial charge in [-0.25, -0.2) is 0 Å². The average Bonchev–Trinajstić information content (AvgIpc) is 2.70. The van der Waals surface area contributed by atoms with Crippen molar-refractivity contribution in [1.82, 2.24) is 4.98 Å². The van der Waals surface area contributed by atoms with Crippen molar-refractivity contribution >= 4 is 22.5 Å². The molecule has 4 heteroatoms. The lowest BCUT2D eigenvalue weighted by Gasteiger charge is -2.26. The second-order valence-corrected chi connectivity index (χ2v) is 6.65. The lowest BCUT2D eigenvalue weighted by molar-refractivity contribution is 0.0981. The number of carbonyl (C=O) groups is 1. The standard InChI is InChI=1S/C22H22N2O2/c25-15-14-24(16-8-2-1-3-9-16)22(26)21-17-10-4-6-12-19(17)23-20-13-7-5-11-18(20)21/h1-4,6,8-10,12,25H,5,7,11,13-15H2. The number of rotatable bonds is 4. The summed E-state index contributed by atoms with van der Waals surface area (Å²) in [6, 6.07) is 17.4. The van der Waals surface area contributed by atoms with Gasteiger partial charge in [0.05, 0.1) is 17.7 Å². The third-order valence-corrected chi connectivity index (χ3v) is 5.02. The third kappa shape index (κ3) is 2.97. The quantitative estimate of drug-likeness (QED) is 0.783. The molecule has 0 aliphatic heterocycles. The van der Waals surface area contributed by atoms with Gasteiger partial charge in [0.2, 0.25) is 0 Å². The molecular weight excluding hydrogens is 324 g/mol. The Bertz CT molecular complexity index is 938. The number of aliphatic hydroxyl groups excluding tert-OH is 1. The molecule has 26 heavy (non-hydrogen) atoms. The Morgan fingerprint density at radius 2 is 1.73 bits per heavy atom. The van der Waals surface area contributed by atoms with Gasteiger partial charge in [-0.3, -0.25) is 9.78 Å². The predicted octanol–water partition coefficient (Wildman–Crippen LogP) is 3.75. The van der Waals surface area contributed by atoms with Crippen molar-refractivity contribution in [2.24, 2.45) is 0 Å². The lowest BCUT2D eigenvalue weighted by Crippen LogP contribution is -2.35. The van der Waals surface area contributed by atoms with Gasteiger partial charge in [-0.1, -0.05) is 36.4 Å². The molecule has 1 amide bonds. The summed E-state index contributed by atoms with van der Waals surface area (Å²) in [5.74, 6) is -0.0537. The molecular formula is C22H22N2O2. The van der Waals surface area contributed by atoms with Crippen LogP contribution in [0.1, 0.15) is 34.5 Å². The van der Waals surface area contributed by atoms with E-state index in [9.17, 15) is 9.90 Å². The molecule has 4 rings (SSSR count). The number of aryl methyl sites for hydroxylation is 1. The first-order valence-electron chi connectivity index (χ1n) is 9.18. The maximum atomic E-state index is 13.6. The number of hydrogen-bond acceptors (Lipinski definition) is 3. The molecule has 1 aliphatic rings. The minimum Gasteiger partial charge on any atom is -0.395 e. The fourth-order valence-electron chi connectivity index (χ4n) is 3.81. The molecule has 1 heterocycles. The van der Waals surface area contributed by atoms with Crippen LogP contribution in [0.4, 0.5) is 5.69 Å². The van der Waals surface area contributed by atoms with Crippen molar-refractivity contribution in [2.75, 3.05) is 18.1 Å². The van der Waals surface area contributed by atoms with Gasteiger partial charge in [0.25, 0.3) is 5.91 Å². The molecule has 3 aromatic rings. The first-order valence-corrected chi connectivity index (χ1v) is 9.18. The Morgan fingerprint density at radius 3 is 2.54 bits per heavy atom. The van der Waals surface area contributed by atoms with Gasteiger partial charge < -0.3 is 10.0 Å². The summed E-state index contributed by atoms with van der Waals surface area (Å²) < 4.78 is 0. The van der Waals surface area contributed by atoms with Crippen LogP contribution in [0.15, 0.2) is 54.6 Å². The first kappa shape index (κ1) is 16.7. The summed E-state index contributed by atoms with van der Waals surface area (Å²) >= 11 is 0. The van der Waals surface area contributed by atoms with Crippen molar-refractivity contribution < 1.29 is 9.90 Å². The van der Waals surface area contributed by atoms with E-state index >= 15 is 0 Å². The summed E-state index contributed by atoms with van der Waals surface area (Å²) in [7, 11) is 0. The van der Waals surface area contributed by atoms with Crippen molar-refractivity contribution in [1.29, 1.82) is 0 Å². The van der Waals surface area contributed by atoms with E-state index in [2.05, 4.69) is 0 Å². The van der Waals surface area contributed by atoms with E-state index in [0.717, 1.165) is 59.1 Å². The Kier molecular flexibility index (Phi) is 4.67. The average molecular weight is 346 g/mol. The molecule has 0 saturated heterocycles. The number of carbonyl (C=O) groups excluding carboxylic acids is 1. The topological polar surface area (TPSA) is 53.4 Å². The number of amides is 1. The van der Waals surface area contributed by atoms with Crippen LogP contribution >= 0.6 is 0 Å². The summed E-state index contributed by atoms with van der Waals surface area (Å²) in [6.45, 7) is 0.195. The number of hydrogen-bond donors (Lipinski definition) is 1. The number of anilines is 1. The lowest BCUT2D eigenvalue weighted by atomic mass is 9.89. The van der Waals surface area contributed by atoms with Crippen LogP contribution in [0.2, 0.25) is 0 Å². The van der Waals surface area contributed by atoms with Crippen LogP contribution in [-0.2, 0) is 12.8 Å². The second-order valence-electron chi connectivity index (χ2n) is 6.65.